The van der Waals surface area contributed by atoms with E-state index in [4.69, 9.17) is 0 Å². The maximum atomic E-state index is 12.2. The van der Waals surface area contributed by atoms with E-state index in [2.05, 4.69) is 57.8 Å². The van der Waals surface area contributed by atoms with Crippen molar-refractivity contribution in [1.82, 2.24) is 20.4 Å². The zero-order valence-electron chi connectivity index (χ0n) is 20.6. The van der Waals surface area contributed by atoms with Gasteiger partial charge in [-0.15, -0.1) is 0 Å². The Morgan fingerprint density at radius 2 is 1.82 bits per heavy atom. The number of hydrogen-bond donors (Lipinski definition) is 2. The van der Waals surface area contributed by atoms with Crippen LogP contribution in [-0.2, 0) is 19.5 Å². The number of carbonyl (C=O) groups is 1. The van der Waals surface area contributed by atoms with Gasteiger partial charge in [-0.1, -0.05) is 42.8 Å². The highest BCUT2D eigenvalue weighted by atomic mass is 16.2. The highest BCUT2D eigenvalue weighted by Gasteiger charge is 2.17. The fourth-order valence-corrected chi connectivity index (χ4v) is 4.24. The lowest BCUT2D eigenvalue weighted by Crippen LogP contribution is -2.38. The van der Waals surface area contributed by atoms with Gasteiger partial charge in [0.05, 0.1) is 0 Å². The standard InChI is InChI=1S/C27H39N5O/c1-21-8-5-6-17-32(21)20-24-13-11-23(12-14-24)19-30-27(28-2)29-16-15-22-9-7-10-25(18-22)26(33)31(3)4/h7,9-14,18,21H,5-6,8,15-17,19-20H2,1-4H3,(H2,28,29,30). The van der Waals surface area contributed by atoms with Crippen molar-refractivity contribution in [2.24, 2.45) is 4.99 Å². The number of rotatable bonds is 8. The van der Waals surface area contributed by atoms with Crippen LogP contribution in [0.5, 0.6) is 0 Å². The van der Waals surface area contributed by atoms with Gasteiger partial charge < -0.3 is 15.5 Å². The highest BCUT2D eigenvalue weighted by molar-refractivity contribution is 5.94. The van der Waals surface area contributed by atoms with Crippen LogP contribution in [0.2, 0.25) is 0 Å². The number of nitrogens with one attached hydrogen (secondary N) is 2. The van der Waals surface area contributed by atoms with E-state index in [0.29, 0.717) is 6.04 Å². The molecule has 1 atom stereocenters. The van der Waals surface area contributed by atoms with Gasteiger partial charge in [0.15, 0.2) is 5.96 Å². The number of benzene rings is 2. The number of amides is 1. The Morgan fingerprint density at radius 1 is 1.06 bits per heavy atom. The summed E-state index contributed by atoms with van der Waals surface area (Å²) in [7, 11) is 5.33. The van der Waals surface area contributed by atoms with Gasteiger partial charge in [0, 0.05) is 52.4 Å². The molecule has 0 aliphatic carbocycles. The average Bonchev–Trinajstić information content (AvgIpc) is 2.83. The second-order valence-electron chi connectivity index (χ2n) is 9.13. The van der Waals surface area contributed by atoms with E-state index in [0.717, 1.165) is 43.1 Å². The molecular weight excluding hydrogens is 410 g/mol. The molecule has 1 unspecified atom stereocenters. The summed E-state index contributed by atoms with van der Waals surface area (Å²) in [6.45, 7) is 6.07. The lowest BCUT2D eigenvalue weighted by atomic mass is 10.0. The smallest absolute Gasteiger partial charge is 0.253 e. The molecule has 1 amide bonds. The summed E-state index contributed by atoms with van der Waals surface area (Å²) >= 11 is 0. The van der Waals surface area contributed by atoms with Gasteiger partial charge >= 0.3 is 0 Å². The second-order valence-corrected chi connectivity index (χ2v) is 9.13. The van der Waals surface area contributed by atoms with Gasteiger partial charge in [0.2, 0.25) is 0 Å². The van der Waals surface area contributed by atoms with E-state index >= 15 is 0 Å². The summed E-state index contributed by atoms with van der Waals surface area (Å²) in [4.78, 5) is 20.7. The summed E-state index contributed by atoms with van der Waals surface area (Å²) in [5.74, 6) is 0.806. The second kappa shape index (κ2) is 12.4. The molecular formula is C27H39N5O. The van der Waals surface area contributed by atoms with Crippen LogP contribution in [0.1, 0.15) is 53.2 Å². The predicted molar refractivity (Wildman–Crippen MR) is 137 cm³/mol. The van der Waals surface area contributed by atoms with Crippen molar-refractivity contribution in [2.75, 3.05) is 34.2 Å². The molecule has 1 aliphatic rings. The molecule has 0 bridgehead atoms. The molecule has 0 aromatic heterocycles. The number of aliphatic imine (C=N–C) groups is 1. The van der Waals surface area contributed by atoms with Crippen LogP contribution in [0.25, 0.3) is 0 Å². The van der Waals surface area contributed by atoms with Gasteiger partial charge in [-0.25, -0.2) is 0 Å². The van der Waals surface area contributed by atoms with Gasteiger partial charge in [-0.3, -0.25) is 14.7 Å². The number of guanidine groups is 1. The molecule has 2 aromatic rings. The van der Waals surface area contributed by atoms with Gasteiger partial charge in [-0.2, -0.15) is 0 Å². The topological polar surface area (TPSA) is 60.0 Å². The van der Waals surface area contributed by atoms with Crippen LogP contribution in [0, 0.1) is 0 Å². The molecule has 1 fully saturated rings. The first kappa shape index (κ1) is 24.8. The lowest BCUT2D eigenvalue weighted by molar-refractivity contribution is 0.0827. The largest absolute Gasteiger partial charge is 0.356 e. The first-order valence-electron chi connectivity index (χ1n) is 12.0. The van der Waals surface area contributed by atoms with Crippen molar-refractivity contribution in [1.29, 1.82) is 0 Å². The van der Waals surface area contributed by atoms with Crippen LogP contribution in [0.4, 0.5) is 0 Å². The van der Waals surface area contributed by atoms with E-state index in [1.807, 2.05) is 18.2 Å². The van der Waals surface area contributed by atoms with E-state index in [1.54, 1.807) is 26.0 Å². The van der Waals surface area contributed by atoms with Crippen LogP contribution >= 0.6 is 0 Å². The summed E-state index contributed by atoms with van der Waals surface area (Å²) in [6, 6.07) is 17.4. The molecule has 6 nitrogen and oxygen atoms in total. The van der Waals surface area contributed by atoms with E-state index in [1.165, 1.54) is 36.9 Å². The molecule has 1 saturated heterocycles. The molecule has 33 heavy (non-hydrogen) atoms. The van der Waals surface area contributed by atoms with E-state index < -0.39 is 0 Å². The normalized spacial score (nSPS) is 17.0. The minimum atomic E-state index is 0.0266. The Balaban J connectivity index is 1.43. The minimum absolute atomic E-state index is 0.0266. The number of nitrogens with zero attached hydrogens (tertiary/aromatic N) is 3. The predicted octanol–water partition coefficient (Wildman–Crippen LogP) is 3.67. The molecule has 1 heterocycles. The Kier molecular flexibility index (Phi) is 9.31. The maximum Gasteiger partial charge on any atom is 0.253 e. The van der Waals surface area contributed by atoms with Crippen LogP contribution in [-0.4, -0.2) is 61.9 Å². The average molecular weight is 450 g/mol. The Bertz CT molecular complexity index is 922. The van der Waals surface area contributed by atoms with Crippen molar-refractivity contribution in [3.8, 4) is 0 Å². The Hall–Kier alpha value is -2.86. The molecule has 1 aliphatic heterocycles. The molecule has 178 valence electrons. The van der Waals surface area contributed by atoms with Crippen molar-refractivity contribution < 1.29 is 4.79 Å². The number of likely N-dealkylation sites (tertiary alicyclic amines) is 1. The van der Waals surface area contributed by atoms with Crippen molar-refractivity contribution in [2.45, 2.75) is 51.7 Å². The lowest BCUT2D eigenvalue weighted by Gasteiger charge is -2.33. The van der Waals surface area contributed by atoms with Gasteiger partial charge in [0.25, 0.3) is 5.91 Å². The molecule has 0 radical (unpaired) electrons. The van der Waals surface area contributed by atoms with Crippen molar-refractivity contribution in [3.63, 3.8) is 0 Å². The first-order valence-corrected chi connectivity index (χ1v) is 12.0. The quantitative estimate of drug-likeness (QED) is 0.477. The third-order valence-corrected chi connectivity index (χ3v) is 6.32. The summed E-state index contributed by atoms with van der Waals surface area (Å²) in [5, 5.41) is 6.76. The molecule has 2 N–H and O–H groups in total. The van der Waals surface area contributed by atoms with Crippen molar-refractivity contribution in [3.05, 3.63) is 70.8 Å². The SMILES string of the molecule is CN=C(NCCc1cccc(C(=O)N(C)C)c1)NCc1ccc(CN2CCCCC2C)cc1. The fourth-order valence-electron chi connectivity index (χ4n) is 4.24. The van der Waals surface area contributed by atoms with Crippen LogP contribution in [0.3, 0.4) is 0 Å². The van der Waals surface area contributed by atoms with Gasteiger partial charge in [0.1, 0.15) is 0 Å². The number of carbonyl (C=O) groups excluding carboxylic acids is 1. The van der Waals surface area contributed by atoms with Gasteiger partial charge in [-0.05, 0) is 61.6 Å². The maximum absolute atomic E-state index is 12.2. The monoisotopic (exact) mass is 449 g/mol. The highest BCUT2D eigenvalue weighted by Crippen LogP contribution is 2.19. The minimum Gasteiger partial charge on any atom is -0.356 e. The van der Waals surface area contributed by atoms with Crippen LogP contribution < -0.4 is 10.6 Å². The summed E-state index contributed by atoms with van der Waals surface area (Å²) < 4.78 is 0. The van der Waals surface area contributed by atoms with Crippen LogP contribution in [0.15, 0.2) is 53.5 Å². The third-order valence-electron chi connectivity index (χ3n) is 6.32. The first-order chi connectivity index (χ1) is 16.0. The molecule has 2 aromatic carbocycles. The zero-order chi connectivity index (χ0) is 23.6. The van der Waals surface area contributed by atoms with E-state index in [-0.39, 0.29) is 5.91 Å². The number of hydrogen-bond acceptors (Lipinski definition) is 3. The summed E-state index contributed by atoms with van der Waals surface area (Å²) in [5.41, 5.74) is 4.47. The van der Waals surface area contributed by atoms with E-state index in [9.17, 15) is 4.79 Å². The molecule has 6 heteroatoms. The summed E-state index contributed by atoms with van der Waals surface area (Å²) in [6.07, 6.45) is 4.81. The Labute approximate surface area is 199 Å². The number of piperidine rings is 1. The molecule has 3 rings (SSSR count). The zero-order valence-corrected chi connectivity index (χ0v) is 20.6. The fraction of sp³-hybridized carbons (Fsp3) is 0.481. The molecule has 0 saturated carbocycles. The molecule has 0 spiro atoms. The Morgan fingerprint density at radius 3 is 2.52 bits per heavy atom. The third kappa shape index (κ3) is 7.60. The van der Waals surface area contributed by atoms with Crippen molar-refractivity contribution >= 4 is 11.9 Å².